The fourth-order valence-electron chi connectivity index (χ4n) is 2.97. The van der Waals surface area contributed by atoms with Crippen molar-refractivity contribution in [2.24, 2.45) is 11.7 Å². The number of nitrogens with zero attached hydrogens (tertiary/aromatic N) is 2. The molecule has 3 heteroatoms. The molecule has 1 aliphatic rings. The summed E-state index contributed by atoms with van der Waals surface area (Å²) in [5.74, 6) is 0.712. The van der Waals surface area contributed by atoms with E-state index in [2.05, 4.69) is 42.2 Å². The van der Waals surface area contributed by atoms with Gasteiger partial charge in [-0.2, -0.15) is 5.26 Å². The van der Waals surface area contributed by atoms with Crippen LogP contribution in [0.4, 0.5) is 5.69 Å². The Hall–Kier alpha value is -1.53. The molecule has 0 saturated carbocycles. The summed E-state index contributed by atoms with van der Waals surface area (Å²) in [5.41, 5.74) is 8.04. The lowest BCUT2D eigenvalue weighted by Gasteiger charge is -2.35. The molecule has 0 spiro atoms. The first kappa shape index (κ1) is 14.9. The molecule has 1 aromatic carbocycles. The summed E-state index contributed by atoms with van der Waals surface area (Å²) in [6.45, 7) is 6.32. The maximum absolute atomic E-state index is 8.92. The van der Waals surface area contributed by atoms with Crippen molar-refractivity contribution in [1.29, 1.82) is 5.26 Å². The van der Waals surface area contributed by atoms with Crippen molar-refractivity contribution in [3.8, 4) is 6.07 Å². The highest BCUT2D eigenvalue weighted by atomic mass is 15.1. The van der Waals surface area contributed by atoms with Crippen LogP contribution in [0.3, 0.4) is 0 Å². The van der Waals surface area contributed by atoms with Crippen molar-refractivity contribution in [2.75, 3.05) is 18.0 Å². The average Bonchev–Trinajstić information content (AvgIpc) is 2.43. The highest BCUT2D eigenvalue weighted by Gasteiger charge is 2.21. The molecule has 20 heavy (non-hydrogen) atoms. The monoisotopic (exact) mass is 271 g/mol. The van der Waals surface area contributed by atoms with Crippen molar-refractivity contribution < 1.29 is 0 Å². The minimum Gasteiger partial charge on any atom is -0.371 e. The van der Waals surface area contributed by atoms with E-state index < -0.39 is 5.54 Å². The van der Waals surface area contributed by atoms with Gasteiger partial charge < -0.3 is 10.6 Å². The van der Waals surface area contributed by atoms with Crippen molar-refractivity contribution >= 4 is 5.69 Å². The number of benzene rings is 1. The first-order valence-electron chi connectivity index (χ1n) is 7.55. The van der Waals surface area contributed by atoms with Crippen LogP contribution < -0.4 is 10.6 Å². The van der Waals surface area contributed by atoms with Gasteiger partial charge in [0.2, 0.25) is 0 Å². The predicted octanol–water partition coefficient (Wildman–Crippen LogP) is 3.10. The predicted molar refractivity (Wildman–Crippen MR) is 83.6 cm³/mol. The maximum atomic E-state index is 8.92. The Morgan fingerprint density at radius 3 is 2.90 bits per heavy atom. The Morgan fingerprint density at radius 1 is 1.40 bits per heavy atom. The lowest BCUT2D eigenvalue weighted by atomic mass is 9.93. The van der Waals surface area contributed by atoms with E-state index in [1.54, 1.807) is 0 Å². The number of hydrogen-bond acceptors (Lipinski definition) is 3. The van der Waals surface area contributed by atoms with E-state index in [1.807, 2.05) is 6.92 Å². The zero-order chi connectivity index (χ0) is 14.6. The van der Waals surface area contributed by atoms with Gasteiger partial charge in [-0.3, -0.25) is 0 Å². The van der Waals surface area contributed by atoms with Crippen molar-refractivity contribution in [3.05, 3.63) is 29.8 Å². The van der Waals surface area contributed by atoms with Crippen LogP contribution in [0.1, 0.15) is 38.7 Å². The molecule has 2 N–H and O–H groups in total. The van der Waals surface area contributed by atoms with Gasteiger partial charge in [-0.05, 0) is 50.2 Å². The first-order chi connectivity index (χ1) is 9.52. The second-order valence-corrected chi connectivity index (χ2v) is 6.37. The third-order valence-electron chi connectivity index (χ3n) is 4.06. The van der Waals surface area contributed by atoms with Gasteiger partial charge >= 0.3 is 0 Å². The standard InChI is InChI=1S/C17H25N3/c1-14-11-15-7-3-4-8-16(15)20(12-14)10-6-5-9-17(2,19)13-18/h3-4,7-8,14H,5-6,9-12,19H2,1-2H3. The molecular formula is C17H25N3. The Balaban J connectivity index is 1.89. The SMILES string of the molecule is CC1Cc2ccccc2N(CCCCC(C)(N)C#N)C1. The van der Waals surface area contributed by atoms with Gasteiger partial charge in [-0.1, -0.05) is 25.1 Å². The minimum absolute atomic E-state index is 0.674. The molecule has 2 rings (SSSR count). The largest absolute Gasteiger partial charge is 0.371 e. The molecule has 2 unspecified atom stereocenters. The summed E-state index contributed by atoms with van der Waals surface area (Å²) in [6.07, 6.45) is 4.06. The Kier molecular flexibility index (Phi) is 4.67. The van der Waals surface area contributed by atoms with Crippen molar-refractivity contribution in [3.63, 3.8) is 0 Å². The van der Waals surface area contributed by atoms with E-state index in [1.165, 1.54) is 17.7 Å². The van der Waals surface area contributed by atoms with Crippen LogP contribution in [0.2, 0.25) is 0 Å². The molecular weight excluding hydrogens is 246 g/mol. The zero-order valence-electron chi connectivity index (χ0n) is 12.6. The number of para-hydroxylation sites is 1. The third kappa shape index (κ3) is 3.74. The molecule has 0 fully saturated rings. The number of hydrogen-bond donors (Lipinski definition) is 1. The highest BCUT2D eigenvalue weighted by molar-refractivity contribution is 5.55. The summed E-state index contributed by atoms with van der Waals surface area (Å²) >= 11 is 0. The van der Waals surface area contributed by atoms with E-state index in [9.17, 15) is 0 Å². The molecule has 0 saturated heterocycles. The lowest BCUT2D eigenvalue weighted by molar-refractivity contribution is 0.487. The average molecular weight is 271 g/mol. The molecule has 3 nitrogen and oxygen atoms in total. The Morgan fingerprint density at radius 2 is 2.15 bits per heavy atom. The smallest absolute Gasteiger partial charge is 0.101 e. The van der Waals surface area contributed by atoms with E-state index in [0.717, 1.165) is 32.4 Å². The number of unbranched alkanes of at least 4 members (excludes halogenated alkanes) is 1. The van der Waals surface area contributed by atoms with Gasteiger partial charge in [0.25, 0.3) is 0 Å². The van der Waals surface area contributed by atoms with Crippen molar-refractivity contribution in [2.45, 2.75) is 45.1 Å². The second-order valence-electron chi connectivity index (χ2n) is 6.37. The summed E-state index contributed by atoms with van der Waals surface area (Å²) < 4.78 is 0. The molecule has 1 aliphatic heterocycles. The van der Waals surface area contributed by atoms with E-state index in [0.29, 0.717) is 5.92 Å². The summed E-state index contributed by atoms with van der Waals surface area (Å²) in [7, 11) is 0. The molecule has 0 aliphatic carbocycles. The first-order valence-corrected chi connectivity index (χ1v) is 7.55. The molecule has 0 aromatic heterocycles. The van der Waals surface area contributed by atoms with Gasteiger partial charge in [0, 0.05) is 18.8 Å². The summed E-state index contributed by atoms with van der Waals surface area (Å²) in [5, 5.41) is 8.92. The van der Waals surface area contributed by atoms with Crippen LogP contribution in [0.25, 0.3) is 0 Å². The number of fused-ring (bicyclic) bond motifs is 1. The van der Waals surface area contributed by atoms with Gasteiger partial charge in [0.1, 0.15) is 5.54 Å². The summed E-state index contributed by atoms with van der Waals surface area (Å²) in [4.78, 5) is 2.49. The van der Waals surface area contributed by atoms with Gasteiger partial charge in [-0.15, -0.1) is 0 Å². The van der Waals surface area contributed by atoms with E-state index in [4.69, 9.17) is 11.0 Å². The second kappa shape index (κ2) is 6.28. The van der Waals surface area contributed by atoms with Crippen LogP contribution in [-0.4, -0.2) is 18.6 Å². The van der Waals surface area contributed by atoms with E-state index in [-0.39, 0.29) is 0 Å². The highest BCUT2D eigenvalue weighted by Crippen LogP contribution is 2.29. The third-order valence-corrected chi connectivity index (χ3v) is 4.06. The summed E-state index contributed by atoms with van der Waals surface area (Å²) in [6, 6.07) is 10.9. The molecule has 2 atom stereocenters. The number of anilines is 1. The van der Waals surface area contributed by atoms with Gasteiger partial charge in [0.05, 0.1) is 6.07 Å². The Bertz CT molecular complexity index is 487. The molecule has 108 valence electrons. The Labute approximate surface area is 122 Å². The van der Waals surface area contributed by atoms with Crippen LogP contribution >= 0.6 is 0 Å². The molecule has 1 aromatic rings. The lowest BCUT2D eigenvalue weighted by Crippen LogP contribution is -2.36. The van der Waals surface area contributed by atoms with Gasteiger partial charge in [0.15, 0.2) is 0 Å². The topological polar surface area (TPSA) is 53.0 Å². The van der Waals surface area contributed by atoms with Gasteiger partial charge in [-0.25, -0.2) is 0 Å². The van der Waals surface area contributed by atoms with Crippen LogP contribution in [0, 0.1) is 17.2 Å². The van der Waals surface area contributed by atoms with Crippen LogP contribution in [-0.2, 0) is 6.42 Å². The van der Waals surface area contributed by atoms with E-state index >= 15 is 0 Å². The molecule has 0 radical (unpaired) electrons. The maximum Gasteiger partial charge on any atom is 0.101 e. The molecule has 0 bridgehead atoms. The zero-order valence-corrected chi connectivity index (χ0v) is 12.6. The van der Waals surface area contributed by atoms with Crippen LogP contribution in [0.5, 0.6) is 0 Å². The minimum atomic E-state index is -0.674. The molecule has 1 heterocycles. The van der Waals surface area contributed by atoms with Crippen LogP contribution in [0.15, 0.2) is 24.3 Å². The normalized spacial score (nSPS) is 20.9. The quantitative estimate of drug-likeness (QED) is 0.837. The fraction of sp³-hybridized carbons (Fsp3) is 0.588. The number of rotatable bonds is 5. The molecule has 0 amide bonds. The number of nitriles is 1. The fourth-order valence-corrected chi connectivity index (χ4v) is 2.97. The van der Waals surface area contributed by atoms with Crippen molar-refractivity contribution in [1.82, 2.24) is 0 Å². The number of nitrogens with two attached hydrogens (primary N) is 1.